The Kier molecular flexibility index (Phi) is 4.88. The minimum atomic E-state index is -0.241. The summed E-state index contributed by atoms with van der Waals surface area (Å²) >= 11 is 1.27. The third-order valence-electron chi connectivity index (χ3n) is 4.28. The number of hydrogen-bond donors (Lipinski definition) is 1. The molecule has 138 valence electrons. The van der Waals surface area contributed by atoms with E-state index in [1.807, 2.05) is 19.1 Å². The smallest absolute Gasteiger partial charge is 0.259 e. The predicted octanol–water partition coefficient (Wildman–Crippen LogP) is 1.61. The maximum atomic E-state index is 12.2. The molecule has 9 nitrogen and oxygen atoms in total. The van der Waals surface area contributed by atoms with E-state index >= 15 is 0 Å². The first-order valence-electron chi connectivity index (χ1n) is 8.52. The molecule has 4 rings (SSSR count). The summed E-state index contributed by atoms with van der Waals surface area (Å²) in [6.07, 6.45) is 3.38. The minimum Gasteiger partial charge on any atom is -0.353 e. The molecule has 10 heteroatoms. The standard InChI is InChI=1S/C17H18N8OS/c1-12-18-5-4-15(21-12)25-8-6-24(7-9-25)14-3-2-13(10-19-14)16(26)22-17-23-20-11-27-17/h2-5,10-11H,6-9H2,1H3,(H,22,23,26). The van der Waals surface area contributed by atoms with E-state index in [4.69, 9.17) is 0 Å². The van der Waals surface area contributed by atoms with Gasteiger partial charge in [-0.3, -0.25) is 10.1 Å². The second-order valence-corrected chi connectivity index (χ2v) is 6.87. The van der Waals surface area contributed by atoms with Crippen LogP contribution in [-0.4, -0.2) is 57.2 Å². The van der Waals surface area contributed by atoms with Crippen LogP contribution in [0.15, 0.2) is 36.1 Å². The fourth-order valence-electron chi connectivity index (χ4n) is 2.89. The SMILES string of the molecule is Cc1nccc(N2CCN(c3ccc(C(=O)Nc4nncs4)cn3)CC2)n1. The Labute approximate surface area is 160 Å². The number of carbonyl (C=O) groups is 1. The average Bonchev–Trinajstić information content (AvgIpc) is 3.21. The molecule has 1 saturated heterocycles. The van der Waals surface area contributed by atoms with Gasteiger partial charge in [0, 0.05) is 38.6 Å². The summed E-state index contributed by atoms with van der Waals surface area (Å²) < 4.78 is 0. The maximum Gasteiger partial charge on any atom is 0.259 e. The summed E-state index contributed by atoms with van der Waals surface area (Å²) in [5.74, 6) is 2.36. The zero-order chi connectivity index (χ0) is 18.6. The van der Waals surface area contributed by atoms with Gasteiger partial charge < -0.3 is 9.80 Å². The van der Waals surface area contributed by atoms with E-state index in [0.29, 0.717) is 10.7 Å². The van der Waals surface area contributed by atoms with Crippen LogP contribution in [0.3, 0.4) is 0 Å². The van der Waals surface area contributed by atoms with Crippen molar-refractivity contribution in [2.45, 2.75) is 6.92 Å². The molecule has 1 amide bonds. The lowest BCUT2D eigenvalue weighted by molar-refractivity contribution is 0.102. The first-order valence-corrected chi connectivity index (χ1v) is 9.40. The van der Waals surface area contributed by atoms with Crippen molar-refractivity contribution in [2.75, 3.05) is 41.3 Å². The Morgan fingerprint density at radius 1 is 1.07 bits per heavy atom. The number of amides is 1. The number of nitrogens with zero attached hydrogens (tertiary/aromatic N) is 7. The third-order valence-corrected chi connectivity index (χ3v) is 4.89. The molecule has 1 aliphatic heterocycles. The van der Waals surface area contributed by atoms with Crippen molar-refractivity contribution in [1.82, 2.24) is 25.1 Å². The summed E-state index contributed by atoms with van der Waals surface area (Å²) in [6.45, 7) is 5.29. The van der Waals surface area contributed by atoms with Crippen LogP contribution in [0, 0.1) is 6.92 Å². The molecule has 0 unspecified atom stereocenters. The first-order chi connectivity index (χ1) is 13.2. The van der Waals surface area contributed by atoms with Gasteiger partial charge in [0.25, 0.3) is 5.91 Å². The van der Waals surface area contributed by atoms with E-state index in [0.717, 1.165) is 43.6 Å². The van der Waals surface area contributed by atoms with Gasteiger partial charge in [0.15, 0.2) is 0 Å². The number of hydrogen-bond acceptors (Lipinski definition) is 9. The van der Waals surface area contributed by atoms with E-state index in [9.17, 15) is 4.79 Å². The Morgan fingerprint density at radius 2 is 1.85 bits per heavy atom. The number of carbonyl (C=O) groups excluding carboxylic acids is 1. The molecule has 0 bridgehead atoms. The van der Waals surface area contributed by atoms with Gasteiger partial charge in [-0.15, -0.1) is 10.2 Å². The molecule has 4 heterocycles. The quantitative estimate of drug-likeness (QED) is 0.726. The number of aryl methyl sites for hydroxylation is 1. The van der Waals surface area contributed by atoms with Gasteiger partial charge >= 0.3 is 0 Å². The Hall–Kier alpha value is -3.14. The summed E-state index contributed by atoms with van der Waals surface area (Å²) in [6, 6.07) is 5.59. The van der Waals surface area contributed by atoms with Crippen LogP contribution in [-0.2, 0) is 0 Å². The van der Waals surface area contributed by atoms with E-state index in [2.05, 4.69) is 40.3 Å². The molecule has 1 aliphatic rings. The molecule has 0 saturated carbocycles. The number of anilines is 3. The summed E-state index contributed by atoms with van der Waals surface area (Å²) in [4.78, 5) is 29.7. The highest BCUT2D eigenvalue weighted by atomic mass is 32.1. The van der Waals surface area contributed by atoms with Crippen LogP contribution in [0.1, 0.15) is 16.2 Å². The molecule has 0 spiro atoms. The molecule has 0 atom stereocenters. The van der Waals surface area contributed by atoms with Crippen molar-refractivity contribution in [2.24, 2.45) is 0 Å². The number of nitrogens with one attached hydrogen (secondary N) is 1. The number of pyridine rings is 1. The van der Waals surface area contributed by atoms with Gasteiger partial charge in [0.05, 0.1) is 5.56 Å². The van der Waals surface area contributed by atoms with Crippen molar-refractivity contribution in [3.05, 3.63) is 47.5 Å². The molecule has 0 aliphatic carbocycles. The van der Waals surface area contributed by atoms with E-state index in [1.54, 1.807) is 24.0 Å². The summed E-state index contributed by atoms with van der Waals surface area (Å²) in [7, 11) is 0. The molecule has 0 aromatic carbocycles. The monoisotopic (exact) mass is 382 g/mol. The Morgan fingerprint density at radius 3 is 2.48 bits per heavy atom. The van der Waals surface area contributed by atoms with Crippen molar-refractivity contribution in [1.29, 1.82) is 0 Å². The highest BCUT2D eigenvalue weighted by Gasteiger charge is 2.19. The largest absolute Gasteiger partial charge is 0.353 e. The zero-order valence-electron chi connectivity index (χ0n) is 14.7. The predicted molar refractivity (Wildman–Crippen MR) is 103 cm³/mol. The minimum absolute atomic E-state index is 0.241. The lowest BCUT2D eigenvalue weighted by atomic mass is 10.2. The van der Waals surface area contributed by atoms with Gasteiger partial charge in [-0.25, -0.2) is 15.0 Å². The Balaban J connectivity index is 1.36. The summed E-state index contributed by atoms with van der Waals surface area (Å²) in [5, 5.41) is 10.7. The number of aromatic nitrogens is 5. The van der Waals surface area contributed by atoms with Crippen LogP contribution >= 0.6 is 11.3 Å². The first kappa shape index (κ1) is 17.3. The van der Waals surface area contributed by atoms with Crippen LogP contribution < -0.4 is 15.1 Å². The molecular weight excluding hydrogens is 364 g/mol. The molecule has 1 fully saturated rings. The molecular formula is C17H18N8OS. The lowest BCUT2D eigenvalue weighted by Gasteiger charge is -2.36. The summed E-state index contributed by atoms with van der Waals surface area (Å²) in [5.41, 5.74) is 2.06. The zero-order valence-corrected chi connectivity index (χ0v) is 15.6. The van der Waals surface area contributed by atoms with Crippen LogP contribution in [0.2, 0.25) is 0 Å². The van der Waals surface area contributed by atoms with Gasteiger partial charge in [0.1, 0.15) is 23.0 Å². The number of piperazine rings is 1. The fraction of sp³-hybridized carbons (Fsp3) is 0.294. The topological polar surface area (TPSA) is 100 Å². The van der Waals surface area contributed by atoms with Crippen molar-refractivity contribution < 1.29 is 4.79 Å². The van der Waals surface area contributed by atoms with Crippen LogP contribution in [0.4, 0.5) is 16.8 Å². The van der Waals surface area contributed by atoms with Crippen molar-refractivity contribution >= 4 is 34.0 Å². The Bertz CT molecular complexity index is 907. The van der Waals surface area contributed by atoms with E-state index in [1.165, 1.54) is 11.3 Å². The molecule has 0 radical (unpaired) electrons. The van der Waals surface area contributed by atoms with Gasteiger partial charge in [-0.2, -0.15) is 0 Å². The maximum absolute atomic E-state index is 12.2. The molecule has 1 N–H and O–H groups in total. The van der Waals surface area contributed by atoms with Crippen molar-refractivity contribution in [3.63, 3.8) is 0 Å². The fourth-order valence-corrected chi connectivity index (χ4v) is 3.33. The van der Waals surface area contributed by atoms with Gasteiger partial charge in [-0.1, -0.05) is 11.3 Å². The number of rotatable bonds is 4. The molecule has 3 aromatic rings. The van der Waals surface area contributed by atoms with Gasteiger partial charge in [-0.05, 0) is 25.1 Å². The third kappa shape index (κ3) is 4.00. The highest BCUT2D eigenvalue weighted by Crippen LogP contribution is 2.18. The normalized spacial score (nSPS) is 14.3. The van der Waals surface area contributed by atoms with E-state index < -0.39 is 0 Å². The second kappa shape index (κ2) is 7.62. The van der Waals surface area contributed by atoms with Crippen LogP contribution in [0.5, 0.6) is 0 Å². The van der Waals surface area contributed by atoms with E-state index in [-0.39, 0.29) is 5.91 Å². The molecule has 27 heavy (non-hydrogen) atoms. The molecule has 3 aromatic heterocycles. The lowest BCUT2D eigenvalue weighted by Crippen LogP contribution is -2.47. The highest BCUT2D eigenvalue weighted by molar-refractivity contribution is 7.13. The van der Waals surface area contributed by atoms with Crippen LogP contribution in [0.25, 0.3) is 0 Å². The van der Waals surface area contributed by atoms with Gasteiger partial charge in [0.2, 0.25) is 5.13 Å². The second-order valence-electron chi connectivity index (χ2n) is 6.04. The van der Waals surface area contributed by atoms with Crippen molar-refractivity contribution in [3.8, 4) is 0 Å². The average molecular weight is 382 g/mol.